The molecule has 1 aliphatic rings. The van der Waals surface area contributed by atoms with Crippen LogP contribution >= 0.6 is 11.6 Å². The summed E-state index contributed by atoms with van der Waals surface area (Å²) in [5.74, 6) is 0.672. The Balaban J connectivity index is 1.83. The number of halogens is 1. The summed E-state index contributed by atoms with van der Waals surface area (Å²) in [6, 6.07) is 7.82. The van der Waals surface area contributed by atoms with Gasteiger partial charge in [0.15, 0.2) is 0 Å². The van der Waals surface area contributed by atoms with Crippen LogP contribution in [0.2, 0.25) is 5.02 Å². The van der Waals surface area contributed by atoms with Crippen LogP contribution in [0.3, 0.4) is 0 Å². The summed E-state index contributed by atoms with van der Waals surface area (Å²) in [6.07, 6.45) is 1.48. The van der Waals surface area contributed by atoms with Crippen LogP contribution in [0.5, 0.6) is 0 Å². The van der Waals surface area contributed by atoms with E-state index < -0.39 is 0 Å². The van der Waals surface area contributed by atoms with Gasteiger partial charge >= 0.3 is 0 Å². The van der Waals surface area contributed by atoms with Crippen molar-refractivity contribution in [1.82, 2.24) is 10.2 Å². The van der Waals surface area contributed by atoms with Gasteiger partial charge in [-0.25, -0.2) is 0 Å². The first-order chi connectivity index (χ1) is 11.0. The van der Waals surface area contributed by atoms with Crippen molar-refractivity contribution in [2.24, 2.45) is 5.92 Å². The monoisotopic (exact) mass is 338 g/mol. The average molecular weight is 339 g/mol. The minimum absolute atomic E-state index is 0.0642. The molecule has 1 heterocycles. The Morgan fingerprint density at radius 1 is 1.26 bits per heavy atom. The summed E-state index contributed by atoms with van der Waals surface area (Å²) in [7, 11) is 0. The molecule has 0 spiro atoms. The zero-order chi connectivity index (χ0) is 16.7. The first-order valence-electron chi connectivity index (χ1n) is 8.37. The number of carbonyl (C=O) groups is 1. The second kappa shape index (κ2) is 9.26. The summed E-state index contributed by atoms with van der Waals surface area (Å²) in [5, 5.41) is 3.79. The largest absolute Gasteiger partial charge is 0.379 e. The summed E-state index contributed by atoms with van der Waals surface area (Å²) in [6.45, 7) is 8.62. The zero-order valence-electron chi connectivity index (χ0n) is 14.1. The molecule has 1 fully saturated rings. The molecule has 23 heavy (non-hydrogen) atoms. The molecule has 1 atom stereocenters. The van der Waals surface area contributed by atoms with Gasteiger partial charge in [-0.05, 0) is 30.0 Å². The third kappa shape index (κ3) is 6.50. The fourth-order valence-electron chi connectivity index (χ4n) is 2.93. The van der Waals surface area contributed by atoms with Gasteiger partial charge in [-0.2, -0.15) is 0 Å². The lowest BCUT2D eigenvalue weighted by Crippen LogP contribution is -2.49. The molecule has 0 radical (unpaired) electrons. The fourth-order valence-corrected chi connectivity index (χ4v) is 3.06. The second-order valence-corrected chi connectivity index (χ2v) is 6.98. The number of hydrogen-bond acceptors (Lipinski definition) is 3. The Morgan fingerprint density at radius 2 is 1.91 bits per heavy atom. The van der Waals surface area contributed by atoms with E-state index in [1.165, 1.54) is 0 Å². The van der Waals surface area contributed by atoms with Crippen LogP contribution in [0.25, 0.3) is 0 Å². The van der Waals surface area contributed by atoms with Crippen molar-refractivity contribution in [3.63, 3.8) is 0 Å². The number of morpholine rings is 1. The third-order valence-electron chi connectivity index (χ3n) is 4.12. The van der Waals surface area contributed by atoms with Gasteiger partial charge in [0.05, 0.1) is 19.6 Å². The maximum absolute atomic E-state index is 12.2. The Hall–Kier alpha value is -1.10. The number of ether oxygens (including phenoxy) is 1. The molecule has 0 aromatic heterocycles. The average Bonchev–Trinajstić information content (AvgIpc) is 2.54. The van der Waals surface area contributed by atoms with Crippen molar-refractivity contribution in [2.75, 3.05) is 32.8 Å². The van der Waals surface area contributed by atoms with Crippen LogP contribution in [-0.2, 0) is 16.0 Å². The lowest BCUT2D eigenvalue weighted by molar-refractivity contribution is -0.120. The van der Waals surface area contributed by atoms with Crippen molar-refractivity contribution in [1.29, 1.82) is 0 Å². The Labute approximate surface area is 144 Å². The minimum Gasteiger partial charge on any atom is -0.379 e. The molecule has 1 aliphatic heterocycles. The minimum atomic E-state index is 0.0642. The van der Waals surface area contributed by atoms with Gasteiger partial charge in [-0.1, -0.05) is 37.6 Å². The number of benzene rings is 1. The number of amides is 1. The van der Waals surface area contributed by atoms with Gasteiger partial charge in [-0.3, -0.25) is 9.69 Å². The maximum atomic E-state index is 12.2. The number of nitrogens with one attached hydrogen (secondary N) is 1. The smallest absolute Gasteiger partial charge is 0.224 e. The normalized spacial score (nSPS) is 17.2. The Kier molecular flexibility index (Phi) is 7.34. The number of hydrogen-bond donors (Lipinski definition) is 1. The van der Waals surface area contributed by atoms with Crippen molar-refractivity contribution in [3.8, 4) is 0 Å². The summed E-state index contributed by atoms with van der Waals surface area (Å²) < 4.78 is 5.43. The van der Waals surface area contributed by atoms with Crippen molar-refractivity contribution in [2.45, 2.75) is 32.7 Å². The quantitative estimate of drug-likeness (QED) is 0.831. The van der Waals surface area contributed by atoms with E-state index in [4.69, 9.17) is 16.3 Å². The van der Waals surface area contributed by atoms with Crippen molar-refractivity contribution >= 4 is 17.5 Å². The molecular weight excluding hydrogens is 312 g/mol. The lowest BCUT2D eigenvalue weighted by Gasteiger charge is -2.35. The van der Waals surface area contributed by atoms with Crippen molar-refractivity contribution in [3.05, 3.63) is 34.9 Å². The summed E-state index contributed by atoms with van der Waals surface area (Å²) in [5.41, 5.74) is 0.985. The van der Waals surface area contributed by atoms with Gasteiger partial charge in [0.1, 0.15) is 0 Å². The first kappa shape index (κ1) is 18.2. The van der Waals surface area contributed by atoms with Crippen LogP contribution in [0.1, 0.15) is 25.8 Å². The van der Waals surface area contributed by atoms with Crippen LogP contribution in [-0.4, -0.2) is 49.7 Å². The van der Waals surface area contributed by atoms with E-state index in [1.54, 1.807) is 0 Å². The van der Waals surface area contributed by atoms with Gasteiger partial charge < -0.3 is 10.1 Å². The number of carbonyl (C=O) groups excluding carboxylic acids is 1. The highest BCUT2D eigenvalue weighted by atomic mass is 35.5. The van der Waals surface area contributed by atoms with E-state index in [0.717, 1.165) is 38.3 Å². The SMILES string of the molecule is CC(C)CC(CNC(=O)Cc1ccc(Cl)cc1)N1CCOCC1. The molecule has 1 N–H and O–H groups in total. The van der Waals surface area contributed by atoms with E-state index in [1.807, 2.05) is 24.3 Å². The fraction of sp³-hybridized carbons (Fsp3) is 0.611. The topological polar surface area (TPSA) is 41.6 Å². The van der Waals surface area contributed by atoms with Gasteiger partial charge in [0, 0.05) is 30.7 Å². The van der Waals surface area contributed by atoms with E-state index in [0.29, 0.717) is 29.9 Å². The van der Waals surface area contributed by atoms with E-state index in [9.17, 15) is 4.79 Å². The zero-order valence-corrected chi connectivity index (χ0v) is 14.8. The van der Waals surface area contributed by atoms with E-state index in [2.05, 4.69) is 24.1 Å². The Morgan fingerprint density at radius 3 is 2.52 bits per heavy atom. The third-order valence-corrected chi connectivity index (χ3v) is 4.37. The molecule has 0 aliphatic carbocycles. The van der Waals surface area contributed by atoms with Crippen molar-refractivity contribution < 1.29 is 9.53 Å². The highest BCUT2D eigenvalue weighted by Gasteiger charge is 2.22. The highest BCUT2D eigenvalue weighted by molar-refractivity contribution is 6.30. The standard InChI is InChI=1S/C18H27ClN2O2/c1-14(2)11-17(21-7-9-23-10-8-21)13-20-18(22)12-15-3-5-16(19)6-4-15/h3-6,14,17H,7-13H2,1-2H3,(H,20,22). The van der Waals surface area contributed by atoms with Gasteiger partial charge in [-0.15, -0.1) is 0 Å². The Bertz CT molecular complexity index is 484. The van der Waals surface area contributed by atoms with Crippen LogP contribution in [0, 0.1) is 5.92 Å². The maximum Gasteiger partial charge on any atom is 0.224 e. The molecule has 1 amide bonds. The molecule has 1 unspecified atom stereocenters. The lowest BCUT2D eigenvalue weighted by atomic mass is 10.0. The van der Waals surface area contributed by atoms with E-state index >= 15 is 0 Å². The molecule has 128 valence electrons. The molecule has 5 heteroatoms. The molecule has 1 aromatic rings. The summed E-state index contributed by atoms with van der Waals surface area (Å²) in [4.78, 5) is 14.6. The summed E-state index contributed by atoms with van der Waals surface area (Å²) >= 11 is 5.87. The predicted octanol–water partition coefficient (Wildman–Crippen LogP) is 2.75. The number of rotatable bonds is 7. The van der Waals surface area contributed by atoms with Gasteiger partial charge in [0.25, 0.3) is 0 Å². The highest BCUT2D eigenvalue weighted by Crippen LogP contribution is 2.13. The van der Waals surface area contributed by atoms with Crippen LogP contribution in [0.4, 0.5) is 0 Å². The van der Waals surface area contributed by atoms with Gasteiger partial charge in [0.2, 0.25) is 5.91 Å². The molecule has 0 saturated carbocycles. The molecular formula is C18H27ClN2O2. The predicted molar refractivity (Wildman–Crippen MR) is 93.8 cm³/mol. The molecule has 4 nitrogen and oxygen atoms in total. The molecule has 0 bridgehead atoms. The van der Waals surface area contributed by atoms with E-state index in [-0.39, 0.29) is 5.91 Å². The molecule has 2 rings (SSSR count). The van der Waals surface area contributed by atoms with Crippen LogP contribution < -0.4 is 5.32 Å². The molecule has 1 aromatic carbocycles. The second-order valence-electron chi connectivity index (χ2n) is 6.54. The molecule has 1 saturated heterocycles. The van der Waals surface area contributed by atoms with Crippen LogP contribution in [0.15, 0.2) is 24.3 Å². The first-order valence-corrected chi connectivity index (χ1v) is 8.75. The number of nitrogens with zero attached hydrogens (tertiary/aromatic N) is 1.